The van der Waals surface area contributed by atoms with Crippen LogP contribution >= 0.6 is 11.3 Å². The average Bonchev–Trinajstić information content (AvgIpc) is 2.81. The van der Waals surface area contributed by atoms with Gasteiger partial charge in [0.05, 0.1) is 11.7 Å². The van der Waals surface area contributed by atoms with E-state index in [1.807, 2.05) is 19.2 Å². The largest absolute Gasteiger partial charge is 0.478 e. The normalized spacial score (nSPS) is 12.1. The molecule has 0 bridgehead atoms. The third kappa shape index (κ3) is 2.65. The number of aryl methyl sites for hydroxylation is 1. The monoisotopic (exact) mass is 263 g/mol. The second-order valence-corrected chi connectivity index (χ2v) is 4.84. The van der Waals surface area contributed by atoms with Crippen molar-refractivity contribution in [2.45, 2.75) is 19.9 Å². The molecule has 0 fully saturated rings. The van der Waals surface area contributed by atoms with Gasteiger partial charge in [-0.05, 0) is 19.9 Å². The van der Waals surface area contributed by atoms with Crippen molar-refractivity contribution in [3.8, 4) is 0 Å². The number of pyridine rings is 1. The molecule has 0 saturated heterocycles. The molecule has 5 nitrogen and oxygen atoms in total. The van der Waals surface area contributed by atoms with Crippen LogP contribution in [0.15, 0.2) is 23.8 Å². The van der Waals surface area contributed by atoms with Gasteiger partial charge in [-0.3, -0.25) is 4.98 Å². The molecule has 0 amide bonds. The standard InChI is InChI=1S/C12H13N3O2S/c1-7-5-10(9(6-14-7)12(16)17)15-8(2)11-13-3-4-18-11/h3-6,8H,1-2H3,(H,14,15)(H,16,17). The van der Waals surface area contributed by atoms with Gasteiger partial charge >= 0.3 is 5.97 Å². The lowest BCUT2D eigenvalue weighted by Crippen LogP contribution is -2.11. The molecule has 0 aliphatic rings. The number of carboxylic acid groups (broad SMARTS) is 1. The van der Waals surface area contributed by atoms with Crippen molar-refractivity contribution in [1.82, 2.24) is 9.97 Å². The van der Waals surface area contributed by atoms with E-state index in [4.69, 9.17) is 5.11 Å². The minimum absolute atomic E-state index is 0.0371. The molecule has 2 rings (SSSR count). The predicted molar refractivity (Wildman–Crippen MR) is 70.1 cm³/mol. The van der Waals surface area contributed by atoms with E-state index in [9.17, 15) is 4.79 Å². The summed E-state index contributed by atoms with van der Waals surface area (Å²) in [5.41, 5.74) is 1.51. The molecular formula is C12H13N3O2S. The van der Waals surface area contributed by atoms with Crippen LogP contribution in [0.2, 0.25) is 0 Å². The number of aromatic carboxylic acids is 1. The molecule has 6 heteroatoms. The van der Waals surface area contributed by atoms with Crippen LogP contribution in [-0.2, 0) is 0 Å². The number of nitrogens with zero attached hydrogens (tertiary/aromatic N) is 2. The third-order valence-electron chi connectivity index (χ3n) is 2.46. The van der Waals surface area contributed by atoms with Gasteiger partial charge in [0, 0.05) is 23.5 Å². The molecule has 94 valence electrons. The Morgan fingerprint density at radius 1 is 1.50 bits per heavy atom. The maximum Gasteiger partial charge on any atom is 0.339 e. The lowest BCUT2D eigenvalue weighted by Gasteiger charge is -2.15. The van der Waals surface area contributed by atoms with Crippen molar-refractivity contribution in [2.75, 3.05) is 5.32 Å². The summed E-state index contributed by atoms with van der Waals surface area (Å²) in [6, 6.07) is 1.69. The van der Waals surface area contributed by atoms with Crippen molar-refractivity contribution in [3.05, 3.63) is 40.1 Å². The first-order chi connectivity index (χ1) is 8.58. The molecule has 18 heavy (non-hydrogen) atoms. The Morgan fingerprint density at radius 3 is 2.89 bits per heavy atom. The molecule has 1 unspecified atom stereocenters. The van der Waals surface area contributed by atoms with Crippen molar-refractivity contribution >= 4 is 23.0 Å². The molecule has 2 heterocycles. The van der Waals surface area contributed by atoms with Crippen molar-refractivity contribution in [3.63, 3.8) is 0 Å². The molecule has 0 radical (unpaired) electrons. The lowest BCUT2D eigenvalue weighted by molar-refractivity contribution is 0.0697. The maximum absolute atomic E-state index is 11.1. The number of rotatable bonds is 4. The van der Waals surface area contributed by atoms with E-state index < -0.39 is 5.97 Å². The zero-order valence-corrected chi connectivity index (χ0v) is 10.9. The van der Waals surface area contributed by atoms with Gasteiger partial charge < -0.3 is 10.4 Å². The Labute approximate surface area is 109 Å². The first-order valence-corrected chi connectivity index (χ1v) is 6.31. The minimum Gasteiger partial charge on any atom is -0.478 e. The number of hydrogen-bond donors (Lipinski definition) is 2. The Morgan fingerprint density at radius 2 is 2.28 bits per heavy atom. The van der Waals surface area contributed by atoms with E-state index in [0.29, 0.717) is 5.69 Å². The van der Waals surface area contributed by atoms with Crippen LogP contribution in [0.4, 0.5) is 5.69 Å². The minimum atomic E-state index is -0.990. The van der Waals surface area contributed by atoms with Gasteiger partial charge in [0.25, 0.3) is 0 Å². The number of anilines is 1. The van der Waals surface area contributed by atoms with Gasteiger partial charge in [-0.1, -0.05) is 0 Å². The second kappa shape index (κ2) is 5.14. The van der Waals surface area contributed by atoms with Crippen LogP contribution in [0.3, 0.4) is 0 Å². The fraction of sp³-hybridized carbons (Fsp3) is 0.250. The number of nitrogens with one attached hydrogen (secondary N) is 1. The maximum atomic E-state index is 11.1. The van der Waals surface area contributed by atoms with Crippen molar-refractivity contribution < 1.29 is 9.90 Å². The van der Waals surface area contributed by atoms with Gasteiger partial charge in [-0.2, -0.15) is 0 Å². The van der Waals surface area contributed by atoms with Crippen LogP contribution in [0.5, 0.6) is 0 Å². The van der Waals surface area contributed by atoms with Gasteiger partial charge in [-0.15, -0.1) is 11.3 Å². The summed E-state index contributed by atoms with van der Waals surface area (Å²) >= 11 is 1.53. The molecule has 0 saturated carbocycles. The molecular weight excluding hydrogens is 250 g/mol. The summed E-state index contributed by atoms with van der Waals surface area (Å²) in [5, 5.41) is 15.1. The number of carbonyl (C=O) groups is 1. The van der Waals surface area contributed by atoms with E-state index in [0.717, 1.165) is 10.7 Å². The van der Waals surface area contributed by atoms with Gasteiger partial charge in [0.15, 0.2) is 0 Å². The van der Waals surface area contributed by atoms with Crippen LogP contribution in [0, 0.1) is 6.92 Å². The Balaban J connectivity index is 2.28. The fourth-order valence-electron chi connectivity index (χ4n) is 1.59. The molecule has 0 aliphatic carbocycles. The van der Waals surface area contributed by atoms with Crippen LogP contribution < -0.4 is 5.32 Å². The fourth-order valence-corrected chi connectivity index (χ4v) is 2.24. The second-order valence-electron chi connectivity index (χ2n) is 3.91. The van der Waals surface area contributed by atoms with Crippen LogP contribution in [0.1, 0.15) is 34.0 Å². The molecule has 0 aromatic carbocycles. The summed E-state index contributed by atoms with van der Waals surface area (Å²) in [4.78, 5) is 19.3. The highest BCUT2D eigenvalue weighted by Gasteiger charge is 2.14. The highest BCUT2D eigenvalue weighted by atomic mass is 32.1. The smallest absolute Gasteiger partial charge is 0.339 e. The number of thiazole rings is 1. The van der Waals surface area contributed by atoms with Gasteiger partial charge in [-0.25, -0.2) is 9.78 Å². The molecule has 2 N–H and O–H groups in total. The van der Waals surface area contributed by atoms with Gasteiger partial charge in [0.1, 0.15) is 10.6 Å². The number of aromatic nitrogens is 2. The van der Waals surface area contributed by atoms with Crippen LogP contribution in [-0.4, -0.2) is 21.0 Å². The summed E-state index contributed by atoms with van der Waals surface area (Å²) < 4.78 is 0. The topological polar surface area (TPSA) is 75.1 Å². The first kappa shape index (κ1) is 12.5. The molecule has 2 aromatic rings. The van der Waals surface area contributed by atoms with Crippen LogP contribution in [0.25, 0.3) is 0 Å². The molecule has 1 atom stereocenters. The van der Waals surface area contributed by atoms with E-state index in [-0.39, 0.29) is 11.6 Å². The highest BCUT2D eigenvalue weighted by molar-refractivity contribution is 7.09. The van der Waals surface area contributed by atoms with E-state index in [1.54, 1.807) is 12.3 Å². The van der Waals surface area contributed by atoms with E-state index in [1.165, 1.54) is 17.5 Å². The summed E-state index contributed by atoms with van der Waals surface area (Å²) in [6.07, 6.45) is 3.10. The number of hydrogen-bond acceptors (Lipinski definition) is 5. The summed E-state index contributed by atoms with van der Waals surface area (Å²) in [7, 11) is 0. The third-order valence-corrected chi connectivity index (χ3v) is 3.42. The highest BCUT2D eigenvalue weighted by Crippen LogP contribution is 2.23. The zero-order chi connectivity index (χ0) is 13.1. The zero-order valence-electron chi connectivity index (χ0n) is 10.0. The molecule has 0 aliphatic heterocycles. The predicted octanol–water partition coefficient (Wildman–Crippen LogP) is 2.72. The van der Waals surface area contributed by atoms with Crippen molar-refractivity contribution in [2.24, 2.45) is 0 Å². The Kier molecular flexibility index (Phi) is 3.57. The van der Waals surface area contributed by atoms with Gasteiger partial charge in [0.2, 0.25) is 0 Å². The summed E-state index contributed by atoms with van der Waals surface area (Å²) in [6.45, 7) is 3.77. The SMILES string of the molecule is Cc1cc(NC(C)c2nccs2)c(C(=O)O)cn1. The number of carboxylic acids is 1. The average molecular weight is 263 g/mol. The quantitative estimate of drug-likeness (QED) is 0.887. The van der Waals surface area contributed by atoms with Crippen molar-refractivity contribution in [1.29, 1.82) is 0 Å². The summed E-state index contributed by atoms with van der Waals surface area (Å²) in [5.74, 6) is -0.990. The van der Waals surface area contributed by atoms with E-state index >= 15 is 0 Å². The van der Waals surface area contributed by atoms with E-state index in [2.05, 4.69) is 15.3 Å². The first-order valence-electron chi connectivity index (χ1n) is 5.44. The Bertz CT molecular complexity index is 554. The lowest BCUT2D eigenvalue weighted by atomic mass is 10.2. The Hall–Kier alpha value is -1.95. The molecule has 0 spiro atoms. The molecule has 2 aromatic heterocycles.